The molecule has 0 spiro atoms. The smallest absolute Gasteiger partial charge is 0.307 e. The topological polar surface area (TPSA) is 97.0 Å². The number of anilines is 1. The molecular weight excluding hydrogens is 314 g/mol. The lowest BCUT2D eigenvalue weighted by atomic mass is 10.1. The van der Waals surface area contributed by atoms with Gasteiger partial charge in [-0.25, -0.2) is 0 Å². The van der Waals surface area contributed by atoms with Crippen LogP contribution in [0.3, 0.4) is 0 Å². The summed E-state index contributed by atoms with van der Waals surface area (Å²) in [5.74, 6) is -0.513. The number of ether oxygens (including phenoxy) is 2. The van der Waals surface area contributed by atoms with E-state index in [4.69, 9.17) is 4.74 Å². The highest BCUT2D eigenvalue weighted by molar-refractivity contribution is 5.94. The van der Waals surface area contributed by atoms with Gasteiger partial charge in [-0.3, -0.25) is 19.3 Å². The van der Waals surface area contributed by atoms with E-state index >= 15 is 0 Å². The van der Waals surface area contributed by atoms with Gasteiger partial charge in [0, 0.05) is 13.1 Å². The number of piperazine rings is 1. The molecule has 1 saturated heterocycles. The number of para-hydroxylation sites is 2. The van der Waals surface area contributed by atoms with Gasteiger partial charge in [0.25, 0.3) is 0 Å². The molecule has 0 unspecified atom stereocenters. The average Bonchev–Trinajstić information content (AvgIpc) is 2.58. The highest BCUT2D eigenvalue weighted by Crippen LogP contribution is 2.23. The standard InChI is InChI=1S/C16H21N3O5/c1-23-13-6-4-3-5-11(13)18-14(20)10-19-8-7-17-16(22)12(19)9-15(21)24-2/h3-6,12H,7-10H2,1-2H3,(H,17,22)(H,18,20)/t12-/m1/s1. The lowest BCUT2D eigenvalue weighted by molar-refractivity contribution is -0.146. The van der Waals surface area contributed by atoms with Gasteiger partial charge in [-0.15, -0.1) is 0 Å². The minimum absolute atomic E-state index is 0.00682. The van der Waals surface area contributed by atoms with Crippen molar-refractivity contribution in [1.82, 2.24) is 10.2 Å². The maximum atomic E-state index is 12.3. The second-order valence-corrected chi connectivity index (χ2v) is 5.31. The van der Waals surface area contributed by atoms with Crippen molar-refractivity contribution in [3.63, 3.8) is 0 Å². The fraction of sp³-hybridized carbons (Fsp3) is 0.438. The minimum atomic E-state index is -0.713. The van der Waals surface area contributed by atoms with E-state index in [-0.39, 0.29) is 24.8 Å². The molecule has 1 aromatic carbocycles. The molecule has 130 valence electrons. The number of methoxy groups -OCH3 is 2. The van der Waals surface area contributed by atoms with Gasteiger partial charge >= 0.3 is 5.97 Å². The molecule has 0 radical (unpaired) electrons. The van der Waals surface area contributed by atoms with Crippen LogP contribution in [0, 0.1) is 0 Å². The van der Waals surface area contributed by atoms with Crippen LogP contribution in [0.25, 0.3) is 0 Å². The second-order valence-electron chi connectivity index (χ2n) is 5.31. The number of amides is 2. The van der Waals surface area contributed by atoms with Gasteiger partial charge in [-0.2, -0.15) is 0 Å². The van der Waals surface area contributed by atoms with Gasteiger partial charge < -0.3 is 20.1 Å². The molecule has 24 heavy (non-hydrogen) atoms. The van der Waals surface area contributed by atoms with Crippen molar-refractivity contribution in [2.75, 3.05) is 39.2 Å². The number of nitrogens with zero attached hydrogens (tertiary/aromatic N) is 1. The summed E-state index contributed by atoms with van der Waals surface area (Å²) in [5.41, 5.74) is 0.552. The first-order valence-corrected chi connectivity index (χ1v) is 7.56. The third kappa shape index (κ3) is 4.45. The quantitative estimate of drug-likeness (QED) is 0.710. The summed E-state index contributed by atoms with van der Waals surface area (Å²) < 4.78 is 9.81. The fourth-order valence-corrected chi connectivity index (χ4v) is 2.54. The van der Waals surface area contributed by atoms with E-state index in [0.29, 0.717) is 24.5 Å². The number of rotatable bonds is 6. The first-order valence-electron chi connectivity index (χ1n) is 7.56. The van der Waals surface area contributed by atoms with Crippen LogP contribution >= 0.6 is 0 Å². The van der Waals surface area contributed by atoms with Crippen molar-refractivity contribution in [1.29, 1.82) is 0 Å². The van der Waals surface area contributed by atoms with Gasteiger partial charge in [0.2, 0.25) is 11.8 Å². The normalized spacial score (nSPS) is 17.8. The molecule has 0 saturated carbocycles. The van der Waals surface area contributed by atoms with Gasteiger partial charge in [0.05, 0.1) is 32.9 Å². The molecule has 0 aliphatic carbocycles. The molecule has 2 rings (SSSR count). The van der Waals surface area contributed by atoms with Crippen LogP contribution < -0.4 is 15.4 Å². The second kappa shape index (κ2) is 8.30. The van der Waals surface area contributed by atoms with Crippen LogP contribution in [-0.4, -0.2) is 62.6 Å². The number of carbonyl (C=O) groups excluding carboxylic acids is 3. The van der Waals surface area contributed by atoms with Crippen LogP contribution in [0.5, 0.6) is 5.75 Å². The Kier molecular flexibility index (Phi) is 6.14. The molecule has 1 heterocycles. The van der Waals surface area contributed by atoms with E-state index in [0.717, 1.165) is 0 Å². The molecular formula is C16H21N3O5. The predicted octanol–water partition coefficient (Wildman–Crippen LogP) is -0.00280. The zero-order valence-electron chi connectivity index (χ0n) is 13.7. The van der Waals surface area contributed by atoms with Crippen LogP contribution in [0.2, 0.25) is 0 Å². The molecule has 1 aromatic rings. The Morgan fingerprint density at radius 3 is 2.79 bits per heavy atom. The van der Waals surface area contributed by atoms with Gasteiger partial charge in [0.1, 0.15) is 11.8 Å². The Hall–Kier alpha value is -2.61. The Labute approximate surface area is 140 Å². The van der Waals surface area contributed by atoms with Crippen molar-refractivity contribution in [2.45, 2.75) is 12.5 Å². The van der Waals surface area contributed by atoms with Crippen molar-refractivity contribution >= 4 is 23.5 Å². The van der Waals surface area contributed by atoms with Crippen molar-refractivity contribution in [2.24, 2.45) is 0 Å². The highest BCUT2D eigenvalue weighted by atomic mass is 16.5. The maximum absolute atomic E-state index is 12.3. The number of nitrogens with one attached hydrogen (secondary N) is 2. The van der Waals surface area contributed by atoms with E-state index in [1.54, 1.807) is 29.2 Å². The highest BCUT2D eigenvalue weighted by Gasteiger charge is 2.33. The molecule has 1 aliphatic rings. The molecule has 1 aliphatic heterocycles. The lowest BCUT2D eigenvalue weighted by Crippen LogP contribution is -2.57. The van der Waals surface area contributed by atoms with Crippen LogP contribution in [0.1, 0.15) is 6.42 Å². The summed E-state index contributed by atoms with van der Waals surface area (Å²) in [6.45, 7) is 0.901. The molecule has 8 nitrogen and oxygen atoms in total. The summed E-state index contributed by atoms with van der Waals surface area (Å²) in [4.78, 5) is 37.4. The average molecular weight is 335 g/mol. The summed E-state index contributed by atoms with van der Waals surface area (Å²) in [7, 11) is 2.79. The number of esters is 1. The lowest BCUT2D eigenvalue weighted by Gasteiger charge is -2.33. The third-order valence-corrected chi connectivity index (χ3v) is 3.76. The van der Waals surface area contributed by atoms with E-state index in [2.05, 4.69) is 15.4 Å². The summed E-state index contributed by atoms with van der Waals surface area (Å²) in [6.07, 6.45) is -0.0930. The number of benzene rings is 1. The van der Waals surface area contributed by atoms with Crippen molar-refractivity contribution in [3.8, 4) is 5.75 Å². The Bertz CT molecular complexity index is 619. The Morgan fingerprint density at radius 2 is 2.08 bits per heavy atom. The first kappa shape index (κ1) is 17.7. The van der Waals surface area contributed by atoms with E-state index in [1.165, 1.54) is 14.2 Å². The number of hydrogen-bond acceptors (Lipinski definition) is 6. The molecule has 0 aromatic heterocycles. The summed E-state index contributed by atoms with van der Waals surface area (Å²) >= 11 is 0. The van der Waals surface area contributed by atoms with Crippen LogP contribution in [0.4, 0.5) is 5.69 Å². The minimum Gasteiger partial charge on any atom is -0.495 e. The zero-order valence-corrected chi connectivity index (χ0v) is 13.7. The van der Waals surface area contributed by atoms with Gasteiger partial charge in [0.15, 0.2) is 0 Å². The molecule has 2 N–H and O–H groups in total. The fourth-order valence-electron chi connectivity index (χ4n) is 2.54. The number of carbonyl (C=O) groups is 3. The van der Waals surface area contributed by atoms with E-state index in [1.807, 2.05) is 0 Å². The molecule has 1 fully saturated rings. The number of hydrogen-bond donors (Lipinski definition) is 2. The SMILES string of the molecule is COC(=O)C[C@@H]1C(=O)NCCN1CC(=O)Nc1ccccc1OC. The van der Waals surface area contributed by atoms with Crippen molar-refractivity contribution in [3.05, 3.63) is 24.3 Å². The van der Waals surface area contributed by atoms with Gasteiger partial charge in [-0.1, -0.05) is 12.1 Å². The monoisotopic (exact) mass is 335 g/mol. The maximum Gasteiger partial charge on any atom is 0.307 e. The van der Waals surface area contributed by atoms with E-state index in [9.17, 15) is 14.4 Å². The van der Waals surface area contributed by atoms with Crippen LogP contribution in [0.15, 0.2) is 24.3 Å². The third-order valence-electron chi connectivity index (χ3n) is 3.76. The van der Waals surface area contributed by atoms with Gasteiger partial charge in [-0.05, 0) is 12.1 Å². The predicted molar refractivity (Wildman–Crippen MR) is 86.6 cm³/mol. The molecule has 0 bridgehead atoms. The van der Waals surface area contributed by atoms with Crippen molar-refractivity contribution < 1.29 is 23.9 Å². The largest absolute Gasteiger partial charge is 0.495 e. The molecule has 8 heteroatoms. The summed E-state index contributed by atoms with van der Waals surface area (Å²) in [6, 6.07) is 6.34. The Morgan fingerprint density at radius 1 is 1.33 bits per heavy atom. The summed E-state index contributed by atoms with van der Waals surface area (Å²) in [5, 5.41) is 5.45. The Balaban J connectivity index is 2.02. The van der Waals surface area contributed by atoms with Crippen LogP contribution in [-0.2, 0) is 19.1 Å². The molecule has 2 amide bonds. The first-order chi connectivity index (χ1) is 11.5. The van der Waals surface area contributed by atoms with E-state index < -0.39 is 12.0 Å². The zero-order chi connectivity index (χ0) is 17.5. The molecule has 1 atom stereocenters.